The molecule has 0 radical (unpaired) electrons. The zero-order valence-corrected chi connectivity index (χ0v) is 17.4. The smallest absolute Gasteiger partial charge is 0.412 e. The molecule has 0 bridgehead atoms. The van der Waals surface area contributed by atoms with Crippen LogP contribution >= 0.6 is 0 Å². The number of nitriles is 1. The monoisotopic (exact) mass is 429 g/mol. The Morgan fingerprint density at radius 3 is 2.75 bits per heavy atom. The number of carbonyl (C=O) groups is 1. The molecule has 0 aliphatic carbocycles. The van der Waals surface area contributed by atoms with Gasteiger partial charge in [-0.3, -0.25) is 5.32 Å². The van der Waals surface area contributed by atoms with Gasteiger partial charge >= 0.3 is 6.09 Å². The maximum absolute atomic E-state index is 12.6. The topological polar surface area (TPSA) is 92.6 Å². The van der Waals surface area contributed by atoms with Crippen molar-refractivity contribution in [1.29, 1.82) is 5.26 Å². The third kappa shape index (κ3) is 4.16. The molecule has 5 rings (SSSR count). The molecule has 7 nitrogen and oxygen atoms in total. The molecule has 2 fully saturated rings. The molecule has 3 aromatic carbocycles. The zero-order valence-electron chi connectivity index (χ0n) is 17.4. The summed E-state index contributed by atoms with van der Waals surface area (Å²) in [5.74, 6) is 0. The van der Waals surface area contributed by atoms with Crippen LogP contribution in [0.15, 0.2) is 66.7 Å². The second kappa shape index (κ2) is 8.97. The Balaban J connectivity index is 1.17. The van der Waals surface area contributed by atoms with E-state index in [4.69, 9.17) is 19.5 Å². The predicted molar refractivity (Wildman–Crippen MR) is 119 cm³/mol. The number of nitrogens with one attached hydrogen (secondary N) is 2. The number of carbonyl (C=O) groups excluding carboxylic acids is 1. The maximum Gasteiger partial charge on any atom is 0.412 e. The summed E-state index contributed by atoms with van der Waals surface area (Å²) in [5, 5.41) is 17.3. The molecule has 1 amide bonds. The molecule has 7 heteroatoms. The first kappa shape index (κ1) is 20.5. The van der Waals surface area contributed by atoms with E-state index in [1.54, 1.807) is 6.07 Å². The SMILES string of the molecule is N#Cc1cccc(CNC2COC3C(OC(=O)Nc4cccc5ccccc45)COC23)c1. The first-order valence-corrected chi connectivity index (χ1v) is 10.6. The number of hydrogen-bond donors (Lipinski definition) is 2. The van der Waals surface area contributed by atoms with Crippen molar-refractivity contribution in [3.05, 3.63) is 77.9 Å². The van der Waals surface area contributed by atoms with Crippen molar-refractivity contribution >= 4 is 22.6 Å². The average Bonchev–Trinajstić information content (AvgIpc) is 3.41. The lowest BCUT2D eigenvalue weighted by molar-refractivity contribution is 0.00855. The van der Waals surface area contributed by atoms with Gasteiger partial charge in [0.25, 0.3) is 0 Å². The lowest BCUT2D eigenvalue weighted by atomic mass is 10.1. The molecule has 2 aliphatic heterocycles. The van der Waals surface area contributed by atoms with Gasteiger partial charge < -0.3 is 19.5 Å². The normalized spacial score (nSPS) is 24.1. The van der Waals surface area contributed by atoms with Crippen LogP contribution in [0.2, 0.25) is 0 Å². The van der Waals surface area contributed by atoms with Crippen LogP contribution in [0.25, 0.3) is 10.8 Å². The Bertz CT molecular complexity index is 1170. The number of amides is 1. The van der Waals surface area contributed by atoms with E-state index in [9.17, 15) is 4.79 Å². The molecule has 2 saturated heterocycles. The van der Waals surface area contributed by atoms with E-state index in [0.717, 1.165) is 16.3 Å². The van der Waals surface area contributed by atoms with Gasteiger partial charge in [-0.15, -0.1) is 0 Å². The summed E-state index contributed by atoms with van der Waals surface area (Å²) >= 11 is 0. The van der Waals surface area contributed by atoms with E-state index in [2.05, 4.69) is 16.7 Å². The lowest BCUT2D eigenvalue weighted by Gasteiger charge is -2.18. The number of ether oxygens (including phenoxy) is 3. The Labute approximate surface area is 185 Å². The van der Waals surface area contributed by atoms with Crippen LogP contribution in [0.4, 0.5) is 10.5 Å². The molecule has 4 unspecified atom stereocenters. The van der Waals surface area contributed by atoms with E-state index < -0.39 is 12.2 Å². The van der Waals surface area contributed by atoms with Crippen molar-refractivity contribution in [1.82, 2.24) is 5.32 Å². The highest BCUT2D eigenvalue weighted by Gasteiger charge is 2.49. The summed E-state index contributed by atoms with van der Waals surface area (Å²) in [4.78, 5) is 12.6. The fourth-order valence-electron chi connectivity index (χ4n) is 4.35. The second-order valence-corrected chi connectivity index (χ2v) is 7.99. The van der Waals surface area contributed by atoms with E-state index in [1.165, 1.54) is 0 Å². The van der Waals surface area contributed by atoms with Crippen LogP contribution in [-0.4, -0.2) is 43.7 Å². The average molecular weight is 429 g/mol. The quantitative estimate of drug-likeness (QED) is 0.644. The summed E-state index contributed by atoms with van der Waals surface area (Å²) in [7, 11) is 0. The Morgan fingerprint density at radius 2 is 1.84 bits per heavy atom. The molecule has 32 heavy (non-hydrogen) atoms. The van der Waals surface area contributed by atoms with Crippen molar-refractivity contribution in [2.75, 3.05) is 18.5 Å². The molecule has 3 aromatic rings. The van der Waals surface area contributed by atoms with Crippen LogP contribution < -0.4 is 10.6 Å². The molecule has 2 aliphatic rings. The molecule has 0 saturated carbocycles. The highest BCUT2D eigenvalue weighted by Crippen LogP contribution is 2.30. The number of rotatable bonds is 5. The first-order chi connectivity index (χ1) is 15.7. The van der Waals surface area contributed by atoms with Crippen LogP contribution in [0.1, 0.15) is 11.1 Å². The minimum Gasteiger partial charge on any atom is -0.441 e. The molecular weight excluding hydrogens is 406 g/mol. The van der Waals surface area contributed by atoms with Gasteiger partial charge in [0.1, 0.15) is 12.2 Å². The Hall–Kier alpha value is -3.44. The zero-order chi connectivity index (χ0) is 21.9. The Kier molecular flexibility index (Phi) is 5.73. The largest absolute Gasteiger partial charge is 0.441 e. The van der Waals surface area contributed by atoms with E-state index in [0.29, 0.717) is 31.0 Å². The van der Waals surface area contributed by atoms with Crippen LogP contribution in [0.3, 0.4) is 0 Å². The summed E-state index contributed by atoms with van der Waals surface area (Å²) < 4.78 is 17.5. The second-order valence-electron chi connectivity index (χ2n) is 7.99. The van der Waals surface area contributed by atoms with Gasteiger partial charge in [-0.1, -0.05) is 48.5 Å². The summed E-state index contributed by atoms with van der Waals surface area (Å²) in [6.45, 7) is 1.36. The number of hydrogen-bond acceptors (Lipinski definition) is 6. The van der Waals surface area contributed by atoms with E-state index in [1.807, 2.05) is 60.7 Å². The standard InChI is InChI=1S/C25H23N3O4/c26-12-16-5-3-6-17(11-16)13-27-21-14-30-24-22(15-31-23(21)24)32-25(29)28-20-10-4-8-18-7-1-2-9-19(18)20/h1-11,21-24,27H,13-15H2,(H,28,29). The van der Waals surface area contributed by atoms with Gasteiger partial charge in [-0.2, -0.15) is 5.26 Å². The minimum atomic E-state index is -0.524. The van der Waals surface area contributed by atoms with Crippen molar-refractivity contribution in [3.63, 3.8) is 0 Å². The minimum absolute atomic E-state index is 0.0135. The van der Waals surface area contributed by atoms with Crippen molar-refractivity contribution in [2.45, 2.75) is 30.9 Å². The third-order valence-corrected chi connectivity index (χ3v) is 5.92. The third-order valence-electron chi connectivity index (χ3n) is 5.92. The number of benzene rings is 3. The molecule has 4 atom stereocenters. The predicted octanol–water partition coefficient (Wildman–Crippen LogP) is 3.58. The van der Waals surface area contributed by atoms with E-state index >= 15 is 0 Å². The first-order valence-electron chi connectivity index (χ1n) is 10.6. The van der Waals surface area contributed by atoms with E-state index in [-0.39, 0.29) is 18.2 Å². The summed E-state index contributed by atoms with van der Waals surface area (Å²) in [6.07, 6.45) is -1.49. The van der Waals surface area contributed by atoms with Crippen LogP contribution in [0.5, 0.6) is 0 Å². The summed E-state index contributed by atoms with van der Waals surface area (Å²) in [6, 6.07) is 23.2. The van der Waals surface area contributed by atoms with Crippen molar-refractivity contribution in [2.24, 2.45) is 0 Å². The number of nitrogens with zero attached hydrogens (tertiary/aromatic N) is 1. The molecule has 0 spiro atoms. The fraction of sp³-hybridized carbons (Fsp3) is 0.280. The molecule has 2 N–H and O–H groups in total. The van der Waals surface area contributed by atoms with Gasteiger partial charge in [-0.05, 0) is 29.1 Å². The van der Waals surface area contributed by atoms with Gasteiger partial charge in [0.15, 0.2) is 6.10 Å². The number of anilines is 1. The highest BCUT2D eigenvalue weighted by molar-refractivity contribution is 6.00. The molecule has 162 valence electrons. The van der Waals surface area contributed by atoms with Gasteiger partial charge in [0, 0.05) is 11.9 Å². The van der Waals surface area contributed by atoms with Crippen LogP contribution in [-0.2, 0) is 20.8 Å². The van der Waals surface area contributed by atoms with Crippen molar-refractivity contribution < 1.29 is 19.0 Å². The fourth-order valence-corrected chi connectivity index (χ4v) is 4.35. The number of fused-ring (bicyclic) bond motifs is 2. The van der Waals surface area contributed by atoms with Crippen molar-refractivity contribution in [3.8, 4) is 6.07 Å². The molecular formula is C25H23N3O4. The molecule has 2 heterocycles. The van der Waals surface area contributed by atoms with Gasteiger partial charge in [0.2, 0.25) is 0 Å². The summed E-state index contributed by atoms with van der Waals surface area (Å²) in [5.41, 5.74) is 2.36. The lowest BCUT2D eigenvalue weighted by Crippen LogP contribution is -2.41. The molecule has 0 aromatic heterocycles. The van der Waals surface area contributed by atoms with Crippen LogP contribution in [0, 0.1) is 11.3 Å². The van der Waals surface area contributed by atoms with Gasteiger partial charge in [0.05, 0.1) is 36.6 Å². The Morgan fingerprint density at radius 1 is 1.03 bits per heavy atom. The van der Waals surface area contributed by atoms with Gasteiger partial charge in [-0.25, -0.2) is 4.79 Å². The maximum atomic E-state index is 12.6. The highest BCUT2D eigenvalue weighted by atomic mass is 16.6.